The van der Waals surface area contributed by atoms with Crippen LogP contribution in [0.15, 0.2) is 83.9 Å². The molecule has 1 fully saturated rings. The number of rotatable bonds is 9. The predicted octanol–water partition coefficient (Wildman–Crippen LogP) is 4.74. The molecule has 0 saturated heterocycles. The first-order chi connectivity index (χ1) is 18.8. The second-order valence-corrected chi connectivity index (χ2v) is 11.5. The molecule has 0 atom stereocenters. The van der Waals surface area contributed by atoms with Gasteiger partial charge in [0.25, 0.3) is 21.8 Å². The molecule has 4 aromatic rings. The number of hydrogen-bond acceptors (Lipinski definition) is 5. The number of nitrogens with one attached hydrogen (secondary N) is 2. The molecular formula is C30H31N3O5S. The first-order valence-corrected chi connectivity index (χ1v) is 14.5. The molecular weight excluding hydrogens is 514 g/mol. The van der Waals surface area contributed by atoms with Gasteiger partial charge in [0.05, 0.1) is 18.6 Å². The molecule has 39 heavy (non-hydrogen) atoms. The highest BCUT2D eigenvalue weighted by Gasteiger charge is 2.20. The fraction of sp³-hybridized carbons (Fsp3) is 0.267. The van der Waals surface area contributed by atoms with Gasteiger partial charge in [0.15, 0.2) is 0 Å². The number of aromatic nitrogens is 1. The average Bonchev–Trinajstić information content (AvgIpc) is 3.62. The van der Waals surface area contributed by atoms with E-state index in [0.29, 0.717) is 30.3 Å². The number of carbonyl (C=O) groups is 2. The Labute approximate surface area is 228 Å². The highest BCUT2D eigenvalue weighted by molar-refractivity contribution is 7.90. The van der Waals surface area contributed by atoms with Crippen LogP contribution in [0.25, 0.3) is 10.9 Å². The molecule has 0 spiro atoms. The third kappa shape index (κ3) is 5.98. The Hall–Kier alpha value is -4.11. The molecule has 1 aliphatic carbocycles. The van der Waals surface area contributed by atoms with Crippen LogP contribution in [-0.2, 0) is 16.6 Å². The topological polar surface area (TPSA) is 106 Å². The molecule has 1 heterocycles. The van der Waals surface area contributed by atoms with Gasteiger partial charge in [-0.05, 0) is 66.6 Å². The van der Waals surface area contributed by atoms with Gasteiger partial charge in [-0.1, -0.05) is 43.2 Å². The van der Waals surface area contributed by atoms with Crippen LogP contribution in [0.3, 0.4) is 0 Å². The van der Waals surface area contributed by atoms with E-state index >= 15 is 0 Å². The minimum absolute atomic E-state index is 0.00742. The van der Waals surface area contributed by atoms with E-state index in [1.807, 2.05) is 35.0 Å². The van der Waals surface area contributed by atoms with Crippen LogP contribution in [0.4, 0.5) is 0 Å². The smallest absolute Gasteiger partial charge is 0.265 e. The molecule has 202 valence electrons. The van der Waals surface area contributed by atoms with E-state index in [9.17, 15) is 18.0 Å². The van der Waals surface area contributed by atoms with Crippen LogP contribution < -0.4 is 14.8 Å². The zero-order chi connectivity index (χ0) is 27.4. The maximum absolute atomic E-state index is 12.8. The van der Waals surface area contributed by atoms with Gasteiger partial charge in [0.2, 0.25) is 0 Å². The first-order valence-electron chi connectivity index (χ1n) is 13.0. The molecule has 0 unspecified atom stereocenters. The quantitative estimate of drug-likeness (QED) is 0.316. The summed E-state index contributed by atoms with van der Waals surface area (Å²) in [6.07, 6.45) is 6.77. The van der Waals surface area contributed by atoms with Crippen LogP contribution in [-0.4, -0.2) is 38.5 Å². The van der Waals surface area contributed by atoms with Crippen molar-refractivity contribution in [3.05, 3.63) is 95.7 Å². The van der Waals surface area contributed by atoms with Gasteiger partial charge in [-0.3, -0.25) is 9.59 Å². The summed E-state index contributed by atoms with van der Waals surface area (Å²) < 4.78 is 34.8. The number of benzene rings is 3. The summed E-state index contributed by atoms with van der Waals surface area (Å²) in [6.45, 7) is 1.14. The molecule has 8 nitrogen and oxygen atoms in total. The summed E-state index contributed by atoms with van der Waals surface area (Å²) in [7, 11) is -2.50. The van der Waals surface area contributed by atoms with Crippen LogP contribution in [0.1, 0.15) is 52.0 Å². The Bertz CT molecular complexity index is 1610. The largest absolute Gasteiger partial charge is 0.496 e. The third-order valence-electron chi connectivity index (χ3n) is 7.23. The molecule has 0 aliphatic heterocycles. The van der Waals surface area contributed by atoms with E-state index in [0.717, 1.165) is 16.5 Å². The SMILES string of the molecule is COc1cc(C(=O)NS(=O)(=O)c2ccccc2)ccc1Cn1ccc2ccc(C(=O)NCC3CCCC3)cc21. The molecule has 0 radical (unpaired) electrons. The van der Waals surface area contributed by atoms with E-state index in [-0.39, 0.29) is 16.4 Å². The van der Waals surface area contributed by atoms with E-state index < -0.39 is 15.9 Å². The second kappa shape index (κ2) is 11.3. The Morgan fingerprint density at radius 2 is 1.64 bits per heavy atom. The number of ether oxygens (including phenoxy) is 1. The second-order valence-electron chi connectivity index (χ2n) is 9.85. The zero-order valence-electron chi connectivity index (χ0n) is 21.7. The number of fused-ring (bicyclic) bond motifs is 1. The van der Waals surface area contributed by atoms with Gasteiger partial charge >= 0.3 is 0 Å². The van der Waals surface area contributed by atoms with E-state index in [4.69, 9.17) is 4.74 Å². The van der Waals surface area contributed by atoms with Crippen LogP contribution >= 0.6 is 0 Å². The summed E-state index contributed by atoms with van der Waals surface area (Å²) in [6, 6.07) is 20.2. The number of hydrogen-bond donors (Lipinski definition) is 2. The number of sulfonamides is 1. The lowest BCUT2D eigenvalue weighted by molar-refractivity contribution is 0.0945. The molecule has 5 rings (SSSR count). The summed E-state index contributed by atoms with van der Waals surface area (Å²) in [5.74, 6) is 0.197. The Morgan fingerprint density at radius 1 is 0.923 bits per heavy atom. The van der Waals surface area contributed by atoms with Crippen molar-refractivity contribution in [1.29, 1.82) is 0 Å². The van der Waals surface area contributed by atoms with Crippen LogP contribution in [0.2, 0.25) is 0 Å². The van der Waals surface area contributed by atoms with E-state index in [1.54, 1.807) is 30.3 Å². The Morgan fingerprint density at radius 3 is 2.38 bits per heavy atom. The summed E-state index contributed by atoms with van der Waals surface area (Å²) in [5.41, 5.74) is 2.47. The normalized spacial score (nSPS) is 13.9. The fourth-order valence-corrected chi connectivity index (χ4v) is 6.05. The van der Waals surface area contributed by atoms with E-state index in [2.05, 4.69) is 10.0 Å². The summed E-state index contributed by atoms with van der Waals surface area (Å²) >= 11 is 0. The molecule has 2 N–H and O–H groups in total. The van der Waals surface area contributed by atoms with Crippen molar-refractivity contribution in [1.82, 2.24) is 14.6 Å². The zero-order valence-corrected chi connectivity index (χ0v) is 22.5. The standard InChI is InChI=1S/C30H31N3O5S/c1-38-28-18-24(30(35)32-39(36,37)26-9-3-2-4-10-26)13-14-25(28)20-33-16-15-22-11-12-23(17-27(22)33)29(34)31-19-21-7-5-6-8-21/h2-4,9-18,21H,5-8,19-20H2,1H3,(H,31,34)(H,32,35). The van der Waals surface area contributed by atoms with Gasteiger partial charge in [-0.25, -0.2) is 13.1 Å². The van der Waals surface area contributed by atoms with Crippen molar-refractivity contribution in [2.24, 2.45) is 5.92 Å². The van der Waals surface area contributed by atoms with Crippen molar-refractivity contribution in [3.8, 4) is 5.75 Å². The third-order valence-corrected chi connectivity index (χ3v) is 8.58. The molecule has 2 amide bonds. The van der Waals surface area contributed by atoms with Gasteiger partial charge in [-0.15, -0.1) is 0 Å². The minimum atomic E-state index is -4.00. The van der Waals surface area contributed by atoms with Crippen LogP contribution in [0.5, 0.6) is 5.75 Å². The van der Waals surface area contributed by atoms with Crippen molar-refractivity contribution in [2.75, 3.05) is 13.7 Å². The summed E-state index contributed by atoms with van der Waals surface area (Å²) in [5, 5.41) is 4.08. The maximum Gasteiger partial charge on any atom is 0.265 e. The lowest BCUT2D eigenvalue weighted by Gasteiger charge is -2.14. The van der Waals surface area contributed by atoms with Gasteiger partial charge in [0, 0.05) is 34.9 Å². The van der Waals surface area contributed by atoms with Gasteiger partial charge in [0.1, 0.15) is 5.75 Å². The number of carbonyl (C=O) groups excluding carboxylic acids is 2. The van der Waals surface area contributed by atoms with Gasteiger partial charge in [-0.2, -0.15) is 0 Å². The molecule has 3 aromatic carbocycles. The van der Waals surface area contributed by atoms with E-state index in [1.165, 1.54) is 51.0 Å². The van der Waals surface area contributed by atoms with Crippen molar-refractivity contribution in [2.45, 2.75) is 37.1 Å². The lowest BCUT2D eigenvalue weighted by atomic mass is 10.1. The highest BCUT2D eigenvalue weighted by Crippen LogP contribution is 2.26. The number of nitrogens with zero attached hydrogens (tertiary/aromatic N) is 1. The van der Waals surface area contributed by atoms with Crippen molar-refractivity contribution >= 4 is 32.7 Å². The van der Waals surface area contributed by atoms with Crippen molar-refractivity contribution in [3.63, 3.8) is 0 Å². The minimum Gasteiger partial charge on any atom is -0.496 e. The van der Waals surface area contributed by atoms with Gasteiger partial charge < -0.3 is 14.6 Å². The fourth-order valence-electron chi connectivity index (χ4n) is 5.06. The molecule has 1 aromatic heterocycles. The highest BCUT2D eigenvalue weighted by atomic mass is 32.2. The predicted molar refractivity (Wildman–Crippen MR) is 149 cm³/mol. The Balaban J connectivity index is 1.32. The average molecular weight is 546 g/mol. The number of methoxy groups -OCH3 is 1. The molecule has 9 heteroatoms. The molecule has 1 aliphatic rings. The molecule has 1 saturated carbocycles. The van der Waals surface area contributed by atoms with Crippen LogP contribution in [0, 0.1) is 5.92 Å². The van der Waals surface area contributed by atoms with Crippen molar-refractivity contribution < 1.29 is 22.7 Å². The molecule has 0 bridgehead atoms. The lowest BCUT2D eigenvalue weighted by Crippen LogP contribution is -2.30. The number of amides is 2. The monoisotopic (exact) mass is 545 g/mol. The first kappa shape index (κ1) is 26.5. The Kier molecular flexibility index (Phi) is 7.70. The maximum atomic E-state index is 12.8. The summed E-state index contributed by atoms with van der Waals surface area (Å²) in [4.78, 5) is 25.6.